The van der Waals surface area contributed by atoms with Gasteiger partial charge in [0.05, 0.1) is 13.2 Å². The van der Waals surface area contributed by atoms with Crippen LogP contribution in [0.15, 0.2) is 41.4 Å². The summed E-state index contributed by atoms with van der Waals surface area (Å²) in [5.74, 6) is 0.279. The lowest BCUT2D eigenvalue weighted by Crippen LogP contribution is -2.40. The molecule has 1 fully saturated rings. The fourth-order valence-corrected chi connectivity index (χ4v) is 3.87. The van der Waals surface area contributed by atoms with Crippen LogP contribution in [0.1, 0.15) is 11.1 Å². The number of halogens is 1. The number of morpholine rings is 1. The van der Waals surface area contributed by atoms with Gasteiger partial charge in [-0.05, 0) is 36.2 Å². The molecule has 2 heterocycles. The van der Waals surface area contributed by atoms with Crippen LogP contribution in [0.2, 0.25) is 0 Å². The lowest BCUT2D eigenvalue weighted by Gasteiger charge is -2.25. The minimum atomic E-state index is -3.54. The zero-order chi connectivity index (χ0) is 17.9. The average molecular weight is 365 g/mol. The highest BCUT2D eigenvalue weighted by Gasteiger charge is 2.26. The number of ether oxygens (including phenoxy) is 1. The number of aromatic nitrogens is 1. The summed E-state index contributed by atoms with van der Waals surface area (Å²) in [4.78, 5) is 4.31. The Morgan fingerprint density at radius 2 is 2.00 bits per heavy atom. The molecule has 0 atom stereocenters. The molecule has 1 aromatic carbocycles. The van der Waals surface area contributed by atoms with Crippen molar-refractivity contribution < 1.29 is 17.5 Å². The van der Waals surface area contributed by atoms with Crippen molar-refractivity contribution in [3.63, 3.8) is 0 Å². The zero-order valence-electron chi connectivity index (χ0n) is 13.9. The minimum absolute atomic E-state index is 0.154. The van der Waals surface area contributed by atoms with E-state index in [1.165, 1.54) is 22.6 Å². The van der Waals surface area contributed by atoms with Crippen molar-refractivity contribution in [2.24, 2.45) is 0 Å². The number of rotatable bonds is 5. The van der Waals surface area contributed by atoms with Crippen LogP contribution in [0.3, 0.4) is 0 Å². The Hall–Kier alpha value is -2.03. The Bertz CT molecular complexity index is 835. The first-order chi connectivity index (χ1) is 12.0. The first-order valence-electron chi connectivity index (χ1n) is 8.00. The van der Waals surface area contributed by atoms with Crippen LogP contribution in [0.5, 0.6) is 0 Å². The van der Waals surface area contributed by atoms with Crippen LogP contribution in [0.4, 0.5) is 10.2 Å². The molecule has 6 nitrogen and oxygen atoms in total. The second-order valence-electron chi connectivity index (χ2n) is 5.83. The van der Waals surface area contributed by atoms with Gasteiger partial charge in [0.1, 0.15) is 16.5 Å². The summed E-state index contributed by atoms with van der Waals surface area (Å²) in [5.41, 5.74) is 1.38. The van der Waals surface area contributed by atoms with E-state index in [-0.39, 0.29) is 10.7 Å². The van der Waals surface area contributed by atoms with Gasteiger partial charge in [0, 0.05) is 25.8 Å². The largest absolute Gasteiger partial charge is 0.379 e. The molecule has 0 aliphatic carbocycles. The third kappa shape index (κ3) is 4.15. The van der Waals surface area contributed by atoms with Gasteiger partial charge in [-0.2, -0.15) is 4.31 Å². The molecule has 1 aliphatic rings. The average Bonchev–Trinajstić information content (AvgIpc) is 2.64. The molecule has 3 rings (SSSR count). The first kappa shape index (κ1) is 17.8. The summed E-state index contributed by atoms with van der Waals surface area (Å²) in [6.45, 7) is 3.61. The first-order valence-corrected chi connectivity index (χ1v) is 9.44. The van der Waals surface area contributed by atoms with Crippen molar-refractivity contribution in [1.29, 1.82) is 0 Å². The van der Waals surface area contributed by atoms with Gasteiger partial charge in [0.15, 0.2) is 0 Å². The Kier molecular flexibility index (Phi) is 5.31. The molecule has 134 valence electrons. The van der Waals surface area contributed by atoms with E-state index in [1.54, 1.807) is 19.1 Å². The third-order valence-electron chi connectivity index (χ3n) is 4.05. The topological polar surface area (TPSA) is 71.5 Å². The lowest BCUT2D eigenvalue weighted by atomic mass is 10.1. The second-order valence-corrected chi connectivity index (χ2v) is 7.77. The molecule has 1 aromatic heterocycles. The van der Waals surface area contributed by atoms with Crippen molar-refractivity contribution in [3.05, 3.63) is 53.5 Å². The highest BCUT2D eigenvalue weighted by Crippen LogP contribution is 2.18. The Morgan fingerprint density at radius 3 is 2.64 bits per heavy atom. The van der Waals surface area contributed by atoms with E-state index in [1.807, 2.05) is 6.07 Å². The Morgan fingerprint density at radius 1 is 1.24 bits per heavy atom. The number of nitrogens with zero attached hydrogens (tertiary/aromatic N) is 2. The molecular weight excluding hydrogens is 345 g/mol. The van der Waals surface area contributed by atoms with Gasteiger partial charge in [0.2, 0.25) is 10.0 Å². The summed E-state index contributed by atoms with van der Waals surface area (Å²) in [5, 5.41) is 3.06. The van der Waals surface area contributed by atoms with Crippen LogP contribution in [0, 0.1) is 12.7 Å². The highest BCUT2D eigenvalue weighted by molar-refractivity contribution is 7.89. The van der Waals surface area contributed by atoms with Gasteiger partial charge >= 0.3 is 0 Å². The number of hydrogen-bond acceptors (Lipinski definition) is 5. The number of aryl methyl sites for hydroxylation is 1. The van der Waals surface area contributed by atoms with E-state index in [2.05, 4.69) is 10.3 Å². The van der Waals surface area contributed by atoms with Gasteiger partial charge in [-0.1, -0.05) is 12.1 Å². The number of pyridine rings is 1. The van der Waals surface area contributed by atoms with E-state index in [9.17, 15) is 12.8 Å². The number of anilines is 1. The van der Waals surface area contributed by atoms with E-state index >= 15 is 0 Å². The summed E-state index contributed by atoms with van der Waals surface area (Å²) in [6.07, 6.45) is 1.34. The second kappa shape index (κ2) is 7.47. The smallest absolute Gasteiger partial charge is 0.244 e. The molecule has 0 spiro atoms. The van der Waals surface area contributed by atoms with E-state index in [0.717, 1.165) is 5.56 Å². The van der Waals surface area contributed by atoms with Crippen molar-refractivity contribution >= 4 is 15.8 Å². The number of sulfonamides is 1. The number of benzene rings is 1. The standard InChI is InChI=1S/C17H20FN3O3S/c1-13-2-3-14(10-16(13)18)11-19-17-5-4-15(12-20-17)25(22,23)21-6-8-24-9-7-21/h2-5,10,12H,6-9,11H2,1H3,(H,19,20). The van der Waals surface area contributed by atoms with Crippen LogP contribution in [-0.4, -0.2) is 44.0 Å². The molecule has 0 bridgehead atoms. The van der Waals surface area contributed by atoms with Crippen LogP contribution < -0.4 is 5.32 Å². The minimum Gasteiger partial charge on any atom is -0.379 e. The highest BCUT2D eigenvalue weighted by atomic mass is 32.2. The molecule has 1 aliphatic heterocycles. The number of nitrogens with one attached hydrogen (secondary N) is 1. The number of hydrogen-bond donors (Lipinski definition) is 1. The molecule has 1 saturated heterocycles. The molecule has 0 amide bonds. The van der Waals surface area contributed by atoms with Gasteiger partial charge in [-0.25, -0.2) is 17.8 Å². The normalized spacial score (nSPS) is 15.9. The summed E-state index contributed by atoms with van der Waals surface area (Å²) in [7, 11) is -3.54. The van der Waals surface area contributed by atoms with Crippen LogP contribution in [-0.2, 0) is 21.3 Å². The summed E-state index contributed by atoms with van der Waals surface area (Å²) >= 11 is 0. The molecular formula is C17H20FN3O3S. The maximum Gasteiger partial charge on any atom is 0.244 e. The molecule has 8 heteroatoms. The zero-order valence-corrected chi connectivity index (χ0v) is 14.7. The SMILES string of the molecule is Cc1ccc(CNc2ccc(S(=O)(=O)N3CCOCC3)cn2)cc1F. The molecule has 0 saturated carbocycles. The monoisotopic (exact) mass is 365 g/mol. The van der Waals surface area contributed by atoms with E-state index in [0.29, 0.717) is 44.2 Å². The summed E-state index contributed by atoms with van der Waals surface area (Å²) < 4.78 is 45.2. The van der Waals surface area contributed by atoms with Gasteiger partial charge in [0.25, 0.3) is 0 Å². The van der Waals surface area contributed by atoms with E-state index in [4.69, 9.17) is 4.74 Å². The van der Waals surface area contributed by atoms with Crippen molar-refractivity contribution in [3.8, 4) is 0 Å². The van der Waals surface area contributed by atoms with Gasteiger partial charge in [-0.15, -0.1) is 0 Å². The van der Waals surface area contributed by atoms with Crippen LogP contribution in [0.25, 0.3) is 0 Å². The van der Waals surface area contributed by atoms with Crippen molar-refractivity contribution in [2.45, 2.75) is 18.4 Å². The third-order valence-corrected chi connectivity index (χ3v) is 5.94. The van der Waals surface area contributed by atoms with Crippen molar-refractivity contribution in [1.82, 2.24) is 9.29 Å². The van der Waals surface area contributed by atoms with E-state index < -0.39 is 10.0 Å². The molecule has 1 N–H and O–H groups in total. The summed E-state index contributed by atoms with van der Waals surface area (Å²) in [6, 6.07) is 8.16. The molecule has 0 radical (unpaired) electrons. The molecule has 2 aromatic rings. The fourth-order valence-electron chi connectivity index (χ4n) is 2.51. The Labute approximate surface area is 146 Å². The predicted octanol–water partition coefficient (Wildman–Crippen LogP) is 2.16. The quantitative estimate of drug-likeness (QED) is 0.879. The van der Waals surface area contributed by atoms with Gasteiger partial charge in [-0.3, -0.25) is 0 Å². The maximum absolute atomic E-state index is 13.5. The van der Waals surface area contributed by atoms with Gasteiger partial charge < -0.3 is 10.1 Å². The van der Waals surface area contributed by atoms with Crippen molar-refractivity contribution in [2.75, 3.05) is 31.6 Å². The predicted molar refractivity (Wildman–Crippen MR) is 92.3 cm³/mol. The molecule has 0 unspecified atom stereocenters. The Balaban J connectivity index is 1.66. The lowest BCUT2D eigenvalue weighted by molar-refractivity contribution is 0.0730. The molecule has 25 heavy (non-hydrogen) atoms. The fraction of sp³-hybridized carbons (Fsp3) is 0.353. The maximum atomic E-state index is 13.5. The van der Waals surface area contributed by atoms with Crippen LogP contribution >= 0.6 is 0 Å².